The molecule has 0 saturated carbocycles. The molecule has 3 nitrogen and oxygen atoms in total. The van der Waals surface area contributed by atoms with E-state index >= 15 is 0 Å². The number of rotatable bonds is 5. The van der Waals surface area contributed by atoms with Gasteiger partial charge in [-0.15, -0.1) is 0 Å². The molecule has 3 heteroatoms. The van der Waals surface area contributed by atoms with Crippen molar-refractivity contribution >= 4 is 11.0 Å². The molecular formula is C13H18N2O. The summed E-state index contributed by atoms with van der Waals surface area (Å²) in [5, 5.41) is 0. The van der Waals surface area contributed by atoms with Crippen LogP contribution >= 0.6 is 0 Å². The largest absolute Gasteiger partial charge is 0.382 e. The van der Waals surface area contributed by atoms with Crippen LogP contribution in [0.2, 0.25) is 0 Å². The van der Waals surface area contributed by atoms with Crippen LogP contribution in [0, 0.1) is 6.92 Å². The van der Waals surface area contributed by atoms with Gasteiger partial charge in [0.25, 0.3) is 0 Å². The molecule has 2 rings (SSSR count). The van der Waals surface area contributed by atoms with Crippen LogP contribution in [0.5, 0.6) is 0 Å². The number of nitrogens with zero attached hydrogens (tertiary/aromatic N) is 1. The molecule has 0 saturated heterocycles. The Balaban J connectivity index is 2.02. The lowest BCUT2D eigenvalue weighted by Gasteiger charge is -1.98. The number of fused-ring (bicyclic) bond motifs is 1. The van der Waals surface area contributed by atoms with Gasteiger partial charge in [0.2, 0.25) is 0 Å². The smallest absolute Gasteiger partial charge is 0.107 e. The van der Waals surface area contributed by atoms with E-state index in [1.165, 1.54) is 5.56 Å². The molecule has 0 unspecified atom stereocenters. The molecule has 0 aliphatic carbocycles. The van der Waals surface area contributed by atoms with Crippen LogP contribution in [0.3, 0.4) is 0 Å². The van der Waals surface area contributed by atoms with E-state index in [1.54, 1.807) is 0 Å². The number of nitrogens with one attached hydrogen (secondary N) is 1. The minimum atomic E-state index is 0.791. The number of aromatic nitrogens is 2. The lowest BCUT2D eigenvalue weighted by molar-refractivity contribution is 0.145. The van der Waals surface area contributed by atoms with Gasteiger partial charge in [0, 0.05) is 19.6 Å². The van der Waals surface area contributed by atoms with E-state index in [2.05, 4.69) is 35.1 Å². The topological polar surface area (TPSA) is 37.9 Å². The number of aryl methyl sites for hydroxylation is 2. The molecule has 1 aromatic heterocycles. The standard InChI is InChI=1S/C13H18N2O/c1-3-16-8-4-5-13-14-11-7-6-10(2)9-12(11)15-13/h6-7,9H,3-5,8H2,1-2H3,(H,14,15). The molecule has 1 aromatic carbocycles. The molecule has 1 N–H and O–H groups in total. The van der Waals surface area contributed by atoms with Crippen LogP contribution in [0.1, 0.15) is 24.7 Å². The average Bonchev–Trinajstić information content (AvgIpc) is 2.66. The maximum atomic E-state index is 5.31. The van der Waals surface area contributed by atoms with Crippen LogP contribution in [0.25, 0.3) is 11.0 Å². The first kappa shape index (κ1) is 11.1. The van der Waals surface area contributed by atoms with Gasteiger partial charge in [-0.3, -0.25) is 0 Å². The third-order valence-electron chi connectivity index (χ3n) is 2.59. The van der Waals surface area contributed by atoms with Crippen molar-refractivity contribution < 1.29 is 4.74 Å². The summed E-state index contributed by atoms with van der Waals surface area (Å²) < 4.78 is 5.31. The minimum Gasteiger partial charge on any atom is -0.382 e. The van der Waals surface area contributed by atoms with Crippen molar-refractivity contribution in [3.05, 3.63) is 29.6 Å². The molecule has 2 aromatic rings. The number of H-pyrrole nitrogens is 1. The van der Waals surface area contributed by atoms with Gasteiger partial charge >= 0.3 is 0 Å². The van der Waals surface area contributed by atoms with Gasteiger partial charge in [0.05, 0.1) is 11.0 Å². The Kier molecular flexibility index (Phi) is 3.57. The van der Waals surface area contributed by atoms with Crippen molar-refractivity contribution in [2.45, 2.75) is 26.7 Å². The highest BCUT2D eigenvalue weighted by Crippen LogP contribution is 2.13. The van der Waals surface area contributed by atoms with Crippen LogP contribution in [0.4, 0.5) is 0 Å². The van der Waals surface area contributed by atoms with Crippen LogP contribution in [-0.4, -0.2) is 23.2 Å². The first-order chi connectivity index (χ1) is 7.79. The Morgan fingerprint density at radius 3 is 3.06 bits per heavy atom. The van der Waals surface area contributed by atoms with Gasteiger partial charge in [0.1, 0.15) is 5.82 Å². The number of imidazole rings is 1. The van der Waals surface area contributed by atoms with E-state index in [0.29, 0.717) is 0 Å². The van der Waals surface area contributed by atoms with Gasteiger partial charge in [0.15, 0.2) is 0 Å². The third kappa shape index (κ3) is 2.61. The van der Waals surface area contributed by atoms with Crippen molar-refractivity contribution in [2.24, 2.45) is 0 Å². The zero-order chi connectivity index (χ0) is 11.4. The van der Waals surface area contributed by atoms with Crippen molar-refractivity contribution in [3.8, 4) is 0 Å². The fourth-order valence-corrected chi connectivity index (χ4v) is 1.78. The van der Waals surface area contributed by atoms with Crippen molar-refractivity contribution in [2.75, 3.05) is 13.2 Å². The maximum absolute atomic E-state index is 5.31. The second kappa shape index (κ2) is 5.12. The van der Waals surface area contributed by atoms with Gasteiger partial charge in [-0.1, -0.05) is 6.07 Å². The van der Waals surface area contributed by atoms with Gasteiger partial charge in [-0.2, -0.15) is 0 Å². The Morgan fingerprint density at radius 1 is 1.38 bits per heavy atom. The average molecular weight is 218 g/mol. The number of hydrogen-bond donors (Lipinski definition) is 1. The summed E-state index contributed by atoms with van der Waals surface area (Å²) in [5.74, 6) is 1.06. The monoisotopic (exact) mass is 218 g/mol. The first-order valence-corrected chi connectivity index (χ1v) is 5.82. The molecule has 0 radical (unpaired) electrons. The number of hydrogen-bond acceptors (Lipinski definition) is 2. The highest BCUT2D eigenvalue weighted by molar-refractivity contribution is 5.75. The zero-order valence-electron chi connectivity index (χ0n) is 9.92. The molecular weight excluding hydrogens is 200 g/mol. The Bertz CT molecular complexity index is 462. The van der Waals surface area contributed by atoms with E-state index in [-0.39, 0.29) is 0 Å². The number of aromatic amines is 1. The van der Waals surface area contributed by atoms with E-state index in [0.717, 1.165) is 42.9 Å². The van der Waals surface area contributed by atoms with E-state index in [1.807, 2.05) is 6.92 Å². The summed E-state index contributed by atoms with van der Waals surface area (Å²) in [4.78, 5) is 7.89. The summed E-state index contributed by atoms with van der Waals surface area (Å²) in [6.07, 6.45) is 1.97. The number of benzene rings is 1. The predicted octanol–water partition coefficient (Wildman–Crippen LogP) is 2.84. The van der Waals surface area contributed by atoms with E-state index < -0.39 is 0 Å². The van der Waals surface area contributed by atoms with Crippen molar-refractivity contribution in [3.63, 3.8) is 0 Å². The number of ether oxygens (including phenoxy) is 1. The van der Waals surface area contributed by atoms with Gasteiger partial charge < -0.3 is 9.72 Å². The van der Waals surface area contributed by atoms with Crippen LogP contribution < -0.4 is 0 Å². The summed E-state index contributed by atoms with van der Waals surface area (Å²) in [6.45, 7) is 5.71. The van der Waals surface area contributed by atoms with Crippen LogP contribution in [-0.2, 0) is 11.2 Å². The highest BCUT2D eigenvalue weighted by atomic mass is 16.5. The van der Waals surface area contributed by atoms with Gasteiger partial charge in [-0.25, -0.2) is 4.98 Å². The third-order valence-corrected chi connectivity index (χ3v) is 2.59. The molecule has 0 aliphatic rings. The fourth-order valence-electron chi connectivity index (χ4n) is 1.78. The zero-order valence-corrected chi connectivity index (χ0v) is 9.92. The fraction of sp³-hybridized carbons (Fsp3) is 0.462. The Labute approximate surface area is 95.8 Å². The van der Waals surface area contributed by atoms with E-state index in [9.17, 15) is 0 Å². The Hall–Kier alpha value is -1.35. The highest BCUT2D eigenvalue weighted by Gasteiger charge is 2.02. The molecule has 1 heterocycles. The maximum Gasteiger partial charge on any atom is 0.107 e. The molecule has 86 valence electrons. The molecule has 16 heavy (non-hydrogen) atoms. The molecule has 0 spiro atoms. The van der Waals surface area contributed by atoms with Crippen LogP contribution in [0.15, 0.2) is 18.2 Å². The molecule has 0 atom stereocenters. The second-order valence-electron chi connectivity index (χ2n) is 4.00. The first-order valence-electron chi connectivity index (χ1n) is 5.82. The Morgan fingerprint density at radius 2 is 2.25 bits per heavy atom. The summed E-state index contributed by atoms with van der Waals surface area (Å²) >= 11 is 0. The second-order valence-corrected chi connectivity index (χ2v) is 4.00. The van der Waals surface area contributed by atoms with E-state index in [4.69, 9.17) is 4.74 Å². The lowest BCUT2D eigenvalue weighted by Crippen LogP contribution is -1.96. The summed E-state index contributed by atoms with van der Waals surface area (Å²) in [6, 6.07) is 6.29. The minimum absolute atomic E-state index is 0.791. The summed E-state index contributed by atoms with van der Waals surface area (Å²) in [5.41, 5.74) is 3.44. The SMILES string of the molecule is CCOCCCc1nc2ccc(C)cc2[nH]1. The normalized spacial score (nSPS) is 11.1. The summed E-state index contributed by atoms with van der Waals surface area (Å²) in [7, 11) is 0. The molecule has 0 amide bonds. The molecule has 0 fully saturated rings. The molecule has 0 aliphatic heterocycles. The van der Waals surface area contributed by atoms with Crippen molar-refractivity contribution in [1.82, 2.24) is 9.97 Å². The lowest BCUT2D eigenvalue weighted by atomic mass is 10.2. The predicted molar refractivity (Wildman–Crippen MR) is 65.6 cm³/mol. The quantitative estimate of drug-likeness (QED) is 0.784. The molecule has 0 bridgehead atoms. The van der Waals surface area contributed by atoms with Crippen molar-refractivity contribution in [1.29, 1.82) is 0 Å². The van der Waals surface area contributed by atoms with Gasteiger partial charge in [-0.05, 0) is 38.0 Å².